The zero-order valence-electron chi connectivity index (χ0n) is 7.97. The number of hydrogen-bond acceptors (Lipinski definition) is 0. The molecule has 0 N–H and O–H groups in total. The summed E-state index contributed by atoms with van der Waals surface area (Å²) in [5.41, 5.74) is -0.454. The van der Waals surface area contributed by atoms with E-state index in [9.17, 15) is 4.39 Å². The zero-order chi connectivity index (χ0) is 9.24. The summed E-state index contributed by atoms with van der Waals surface area (Å²) in [4.78, 5) is 0. The lowest BCUT2D eigenvalue weighted by Crippen LogP contribution is -2.36. The van der Waals surface area contributed by atoms with Gasteiger partial charge in [-0.25, -0.2) is 0 Å². The third-order valence-electron chi connectivity index (χ3n) is 2.63. The average Bonchev–Trinajstić information content (AvgIpc) is 2.04. The molecule has 1 unspecified atom stereocenters. The molecule has 1 radical (unpaired) electrons. The molecule has 0 saturated heterocycles. The molecule has 0 aromatic heterocycles. The monoisotopic (exact) mass is 167 g/mol. The normalized spacial score (nSPS) is 29.3. The lowest BCUT2D eigenvalue weighted by molar-refractivity contribution is 0.144. The van der Waals surface area contributed by atoms with Gasteiger partial charge in [-0.15, -0.1) is 0 Å². The molecule has 67 valence electrons. The van der Waals surface area contributed by atoms with Gasteiger partial charge in [-0.2, -0.15) is 0 Å². The van der Waals surface area contributed by atoms with Crippen molar-refractivity contribution in [2.75, 3.05) is 6.67 Å². The Morgan fingerprint density at radius 2 is 1.83 bits per heavy atom. The Kier molecular flexibility index (Phi) is 2.41. The van der Waals surface area contributed by atoms with Crippen LogP contribution in [-0.2, 0) is 0 Å². The second-order valence-electron chi connectivity index (χ2n) is 4.33. The van der Waals surface area contributed by atoms with E-state index in [4.69, 9.17) is 0 Å². The molecule has 0 saturated carbocycles. The van der Waals surface area contributed by atoms with Crippen LogP contribution in [0.2, 0.25) is 0 Å². The number of hydrogen-bond donors (Lipinski definition) is 0. The highest BCUT2D eigenvalue weighted by Crippen LogP contribution is 2.44. The predicted molar refractivity (Wildman–Crippen MR) is 50.4 cm³/mol. The Balaban J connectivity index is 2.91. The summed E-state index contributed by atoms with van der Waals surface area (Å²) in [5.74, 6) is 0. The van der Waals surface area contributed by atoms with Crippen LogP contribution in [0.1, 0.15) is 20.8 Å². The van der Waals surface area contributed by atoms with E-state index in [1.807, 2.05) is 30.7 Å². The molecule has 0 heterocycles. The molecule has 1 aliphatic carbocycles. The largest absolute Gasteiger partial charge is 0.250 e. The van der Waals surface area contributed by atoms with E-state index in [0.29, 0.717) is 0 Å². The Morgan fingerprint density at radius 1 is 1.17 bits per heavy atom. The Morgan fingerprint density at radius 3 is 2.08 bits per heavy atom. The van der Waals surface area contributed by atoms with Crippen molar-refractivity contribution in [3.63, 3.8) is 0 Å². The first-order chi connectivity index (χ1) is 5.52. The summed E-state index contributed by atoms with van der Waals surface area (Å²) < 4.78 is 12.9. The van der Waals surface area contributed by atoms with E-state index < -0.39 is 5.41 Å². The van der Waals surface area contributed by atoms with Crippen LogP contribution in [0.25, 0.3) is 0 Å². The molecular weight excluding hydrogens is 151 g/mol. The van der Waals surface area contributed by atoms with Gasteiger partial charge in [-0.3, -0.25) is 4.39 Å². The van der Waals surface area contributed by atoms with Crippen molar-refractivity contribution < 1.29 is 4.39 Å². The lowest BCUT2D eigenvalue weighted by Gasteiger charge is -2.40. The second-order valence-corrected chi connectivity index (χ2v) is 4.33. The Labute approximate surface area is 74.2 Å². The predicted octanol–water partition coefficient (Wildman–Crippen LogP) is 3.32. The molecule has 12 heavy (non-hydrogen) atoms. The smallest absolute Gasteiger partial charge is 0.0996 e. The van der Waals surface area contributed by atoms with Gasteiger partial charge >= 0.3 is 0 Å². The van der Waals surface area contributed by atoms with Crippen LogP contribution in [0, 0.1) is 17.3 Å². The van der Waals surface area contributed by atoms with Gasteiger partial charge in [0.05, 0.1) is 6.67 Å². The number of alkyl halides is 1. The second kappa shape index (κ2) is 3.04. The Hall–Kier alpha value is -0.590. The van der Waals surface area contributed by atoms with Crippen molar-refractivity contribution in [2.24, 2.45) is 10.8 Å². The van der Waals surface area contributed by atoms with Gasteiger partial charge in [0.2, 0.25) is 0 Å². The molecule has 1 rings (SSSR count). The minimum absolute atomic E-state index is 0.0526. The first-order valence-electron chi connectivity index (χ1n) is 4.28. The molecule has 0 fully saturated rings. The summed E-state index contributed by atoms with van der Waals surface area (Å²) >= 11 is 0. The molecule has 0 aliphatic heterocycles. The minimum Gasteiger partial charge on any atom is -0.250 e. The molecule has 0 aromatic carbocycles. The van der Waals surface area contributed by atoms with Crippen LogP contribution in [0.15, 0.2) is 24.3 Å². The highest BCUT2D eigenvalue weighted by molar-refractivity contribution is 5.27. The van der Waals surface area contributed by atoms with Gasteiger partial charge < -0.3 is 0 Å². The van der Waals surface area contributed by atoms with Gasteiger partial charge in [-0.05, 0) is 11.8 Å². The molecular formula is C11H16F. The maximum Gasteiger partial charge on any atom is 0.0996 e. The molecule has 1 heteroatoms. The molecule has 1 atom stereocenters. The van der Waals surface area contributed by atoms with Crippen molar-refractivity contribution in [1.29, 1.82) is 0 Å². The van der Waals surface area contributed by atoms with Crippen molar-refractivity contribution >= 4 is 0 Å². The van der Waals surface area contributed by atoms with Crippen LogP contribution >= 0.6 is 0 Å². The van der Waals surface area contributed by atoms with Gasteiger partial charge in [0.15, 0.2) is 0 Å². The summed E-state index contributed by atoms with van der Waals surface area (Å²) in [7, 11) is 0. The van der Waals surface area contributed by atoms with Crippen molar-refractivity contribution in [3.8, 4) is 0 Å². The summed E-state index contributed by atoms with van der Waals surface area (Å²) in [5, 5.41) is 0. The van der Waals surface area contributed by atoms with Gasteiger partial charge in [-0.1, -0.05) is 45.1 Å². The first kappa shape index (κ1) is 9.50. The number of halogens is 1. The van der Waals surface area contributed by atoms with Crippen molar-refractivity contribution in [3.05, 3.63) is 30.7 Å². The standard InChI is InChI=1S/C11H16F/c1-10(2,3)11(9-12)7-5-4-6-8-11/h4-8H,9H2,1-3H3. The average molecular weight is 167 g/mol. The van der Waals surface area contributed by atoms with E-state index >= 15 is 0 Å². The van der Waals surface area contributed by atoms with Crippen LogP contribution in [-0.4, -0.2) is 6.67 Å². The number of allylic oxidation sites excluding steroid dienone is 4. The fourth-order valence-corrected chi connectivity index (χ4v) is 1.36. The van der Waals surface area contributed by atoms with E-state index in [2.05, 4.69) is 20.8 Å². The fraction of sp³-hybridized carbons (Fsp3) is 0.545. The molecule has 0 aromatic rings. The third kappa shape index (κ3) is 1.45. The maximum absolute atomic E-state index is 12.9. The Bertz CT molecular complexity index is 208. The van der Waals surface area contributed by atoms with Gasteiger partial charge in [0, 0.05) is 5.41 Å². The topological polar surface area (TPSA) is 0 Å². The van der Waals surface area contributed by atoms with Crippen LogP contribution in [0.4, 0.5) is 4.39 Å². The summed E-state index contributed by atoms with van der Waals surface area (Å²) in [6.45, 7) is 5.86. The summed E-state index contributed by atoms with van der Waals surface area (Å²) in [6.07, 6.45) is 9.68. The minimum atomic E-state index is -0.401. The quantitative estimate of drug-likeness (QED) is 0.562. The molecule has 0 amide bonds. The molecule has 0 nitrogen and oxygen atoms in total. The van der Waals surface area contributed by atoms with Gasteiger partial charge in [0.1, 0.15) is 0 Å². The highest BCUT2D eigenvalue weighted by Gasteiger charge is 2.39. The van der Waals surface area contributed by atoms with E-state index in [-0.39, 0.29) is 12.1 Å². The van der Waals surface area contributed by atoms with Crippen molar-refractivity contribution in [2.45, 2.75) is 20.8 Å². The van der Waals surface area contributed by atoms with Crippen LogP contribution in [0.3, 0.4) is 0 Å². The SMILES string of the molecule is CC(C)(C)C1(CF)[CH]C=CC=C1. The third-order valence-corrected chi connectivity index (χ3v) is 2.63. The van der Waals surface area contributed by atoms with Crippen molar-refractivity contribution in [1.82, 2.24) is 0 Å². The van der Waals surface area contributed by atoms with E-state index in [1.165, 1.54) is 0 Å². The van der Waals surface area contributed by atoms with Crippen LogP contribution in [0.5, 0.6) is 0 Å². The molecule has 0 spiro atoms. The van der Waals surface area contributed by atoms with Gasteiger partial charge in [0.25, 0.3) is 0 Å². The lowest BCUT2D eigenvalue weighted by atomic mass is 9.64. The zero-order valence-corrected chi connectivity index (χ0v) is 7.97. The number of rotatable bonds is 1. The molecule has 0 bridgehead atoms. The summed E-state index contributed by atoms with van der Waals surface area (Å²) in [6, 6.07) is 0. The highest BCUT2D eigenvalue weighted by atomic mass is 19.1. The molecule has 1 aliphatic rings. The van der Waals surface area contributed by atoms with E-state index in [1.54, 1.807) is 0 Å². The fourth-order valence-electron chi connectivity index (χ4n) is 1.36. The first-order valence-corrected chi connectivity index (χ1v) is 4.28. The van der Waals surface area contributed by atoms with Crippen LogP contribution < -0.4 is 0 Å². The van der Waals surface area contributed by atoms with E-state index in [0.717, 1.165) is 0 Å². The maximum atomic E-state index is 12.9.